The van der Waals surface area contributed by atoms with Gasteiger partial charge < -0.3 is 4.90 Å². The standard InChI is InChI=1S/C21H26N2O3S/c1-3-17(2)22(16-18-9-5-4-6-10-18)21(24)19-11-7-12-20(15-19)23-13-8-14-27(23,25)26/h4-7,9-12,15,17H,3,8,13-14,16H2,1-2H3. The Labute approximate surface area is 161 Å². The molecule has 0 aliphatic carbocycles. The molecule has 1 aliphatic rings. The quantitative estimate of drug-likeness (QED) is 0.761. The predicted molar refractivity (Wildman–Crippen MR) is 108 cm³/mol. The maximum Gasteiger partial charge on any atom is 0.254 e. The van der Waals surface area contributed by atoms with Gasteiger partial charge in [0.05, 0.1) is 11.4 Å². The van der Waals surface area contributed by atoms with Crippen molar-refractivity contribution < 1.29 is 13.2 Å². The van der Waals surface area contributed by atoms with Crippen LogP contribution in [-0.4, -0.2) is 37.6 Å². The Morgan fingerprint density at radius 3 is 2.52 bits per heavy atom. The molecule has 0 saturated carbocycles. The van der Waals surface area contributed by atoms with Gasteiger partial charge in [0.1, 0.15) is 0 Å². The average molecular weight is 387 g/mol. The lowest BCUT2D eigenvalue weighted by atomic mass is 10.1. The molecule has 1 saturated heterocycles. The third kappa shape index (κ3) is 4.33. The first-order chi connectivity index (χ1) is 12.9. The van der Waals surface area contributed by atoms with E-state index in [1.54, 1.807) is 24.3 Å². The summed E-state index contributed by atoms with van der Waals surface area (Å²) in [5.41, 5.74) is 2.16. The molecule has 2 aromatic rings. The predicted octanol–water partition coefficient (Wildman–Crippen LogP) is 3.67. The fourth-order valence-electron chi connectivity index (χ4n) is 3.32. The fourth-order valence-corrected chi connectivity index (χ4v) is 4.87. The van der Waals surface area contributed by atoms with E-state index in [9.17, 15) is 13.2 Å². The number of benzene rings is 2. The molecule has 1 heterocycles. The smallest absolute Gasteiger partial charge is 0.254 e. The van der Waals surface area contributed by atoms with Crippen LogP contribution in [0.5, 0.6) is 0 Å². The number of carbonyl (C=O) groups is 1. The van der Waals surface area contributed by atoms with Gasteiger partial charge >= 0.3 is 0 Å². The molecule has 3 rings (SSSR count). The first-order valence-electron chi connectivity index (χ1n) is 9.37. The first kappa shape index (κ1) is 19.4. The monoisotopic (exact) mass is 386 g/mol. The number of amides is 1. The molecule has 1 atom stereocenters. The number of carbonyl (C=O) groups excluding carboxylic acids is 1. The molecule has 5 nitrogen and oxygen atoms in total. The van der Waals surface area contributed by atoms with Gasteiger partial charge in [-0.25, -0.2) is 8.42 Å². The summed E-state index contributed by atoms with van der Waals surface area (Å²) >= 11 is 0. The lowest BCUT2D eigenvalue weighted by Crippen LogP contribution is -2.38. The Kier molecular flexibility index (Phi) is 5.85. The van der Waals surface area contributed by atoms with Crippen LogP contribution in [0.4, 0.5) is 5.69 Å². The van der Waals surface area contributed by atoms with E-state index in [0.717, 1.165) is 12.0 Å². The summed E-state index contributed by atoms with van der Waals surface area (Å²) in [6.45, 7) is 5.10. The van der Waals surface area contributed by atoms with Gasteiger partial charge in [-0.05, 0) is 43.5 Å². The van der Waals surface area contributed by atoms with Crippen LogP contribution in [-0.2, 0) is 16.6 Å². The maximum absolute atomic E-state index is 13.2. The highest BCUT2D eigenvalue weighted by Gasteiger charge is 2.29. The summed E-state index contributed by atoms with van der Waals surface area (Å²) in [5.74, 6) is 0.0877. The van der Waals surface area contributed by atoms with Crippen LogP contribution in [0.1, 0.15) is 42.6 Å². The number of sulfonamides is 1. The Balaban J connectivity index is 1.89. The molecule has 1 fully saturated rings. The van der Waals surface area contributed by atoms with Gasteiger partial charge in [0.15, 0.2) is 0 Å². The Morgan fingerprint density at radius 2 is 1.89 bits per heavy atom. The van der Waals surface area contributed by atoms with Crippen LogP contribution in [0.25, 0.3) is 0 Å². The minimum atomic E-state index is -3.26. The molecule has 0 N–H and O–H groups in total. The van der Waals surface area contributed by atoms with Gasteiger partial charge in [-0.3, -0.25) is 9.10 Å². The molecule has 2 aromatic carbocycles. The van der Waals surface area contributed by atoms with E-state index in [0.29, 0.717) is 30.8 Å². The third-order valence-electron chi connectivity index (χ3n) is 5.06. The van der Waals surface area contributed by atoms with Crippen LogP contribution in [0.3, 0.4) is 0 Å². The summed E-state index contributed by atoms with van der Waals surface area (Å²) in [4.78, 5) is 15.1. The normalized spacial score (nSPS) is 16.9. The minimum absolute atomic E-state index is 0.0772. The zero-order chi connectivity index (χ0) is 19.4. The molecule has 144 valence electrons. The fraction of sp³-hybridized carbons (Fsp3) is 0.381. The highest BCUT2D eigenvalue weighted by atomic mass is 32.2. The van der Waals surface area contributed by atoms with Crippen LogP contribution in [0.15, 0.2) is 54.6 Å². The molecule has 1 unspecified atom stereocenters. The van der Waals surface area contributed by atoms with Crippen molar-refractivity contribution in [3.05, 3.63) is 65.7 Å². The molecular weight excluding hydrogens is 360 g/mol. The lowest BCUT2D eigenvalue weighted by Gasteiger charge is -2.29. The topological polar surface area (TPSA) is 57.7 Å². The molecule has 0 spiro atoms. The second kappa shape index (κ2) is 8.13. The van der Waals surface area contributed by atoms with Crippen molar-refractivity contribution in [1.29, 1.82) is 0 Å². The highest BCUT2D eigenvalue weighted by molar-refractivity contribution is 7.93. The maximum atomic E-state index is 13.2. The van der Waals surface area contributed by atoms with Crippen LogP contribution >= 0.6 is 0 Å². The van der Waals surface area contributed by atoms with Gasteiger partial charge in [0.2, 0.25) is 10.0 Å². The zero-order valence-corrected chi connectivity index (χ0v) is 16.7. The van der Waals surface area contributed by atoms with E-state index >= 15 is 0 Å². The van der Waals surface area contributed by atoms with Crippen molar-refractivity contribution in [3.63, 3.8) is 0 Å². The number of nitrogens with zero attached hydrogens (tertiary/aromatic N) is 2. The third-order valence-corrected chi connectivity index (χ3v) is 6.93. The molecule has 1 aliphatic heterocycles. The van der Waals surface area contributed by atoms with E-state index < -0.39 is 10.0 Å². The van der Waals surface area contributed by atoms with Crippen LogP contribution in [0, 0.1) is 0 Å². The average Bonchev–Trinajstić information content (AvgIpc) is 3.05. The van der Waals surface area contributed by atoms with Crippen molar-refractivity contribution in [2.45, 2.75) is 39.3 Å². The summed E-state index contributed by atoms with van der Waals surface area (Å²) in [6.07, 6.45) is 1.46. The summed E-state index contributed by atoms with van der Waals surface area (Å²) in [7, 11) is -3.26. The first-order valence-corrected chi connectivity index (χ1v) is 11.0. The molecule has 0 bridgehead atoms. The summed E-state index contributed by atoms with van der Waals surface area (Å²) in [6, 6.07) is 17.0. The van der Waals surface area contributed by atoms with E-state index in [1.165, 1.54) is 4.31 Å². The van der Waals surface area contributed by atoms with Crippen LogP contribution in [0.2, 0.25) is 0 Å². The molecule has 27 heavy (non-hydrogen) atoms. The number of rotatable bonds is 6. The van der Waals surface area contributed by atoms with Crippen molar-refractivity contribution in [2.24, 2.45) is 0 Å². The molecule has 6 heteroatoms. The number of hydrogen-bond donors (Lipinski definition) is 0. The largest absolute Gasteiger partial charge is 0.332 e. The second-order valence-electron chi connectivity index (χ2n) is 6.97. The van der Waals surface area contributed by atoms with Crippen molar-refractivity contribution in [1.82, 2.24) is 4.90 Å². The molecule has 0 aromatic heterocycles. The number of hydrogen-bond acceptors (Lipinski definition) is 3. The van der Waals surface area contributed by atoms with Crippen molar-refractivity contribution >= 4 is 21.6 Å². The van der Waals surface area contributed by atoms with Gasteiger partial charge in [-0.1, -0.05) is 43.3 Å². The highest BCUT2D eigenvalue weighted by Crippen LogP contribution is 2.26. The van der Waals surface area contributed by atoms with Gasteiger partial charge in [-0.2, -0.15) is 0 Å². The van der Waals surface area contributed by atoms with E-state index in [4.69, 9.17) is 0 Å². The summed E-state index contributed by atoms with van der Waals surface area (Å²) < 4.78 is 25.8. The number of anilines is 1. The van der Waals surface area contributed by atoms with Crippen molar-refractivity contribution in [3.8, 4) is 0 Å². The molecule has 0 radical (unpaired) electrons. The SMILES string of the molecule is CCC(C)N(Cc1ccccc1)C(=O)c1cccc(N2CCCS2(=O)=O)c1. The lowest BCUT2D eigenvalue weighted by molar-refractivity contribution is 0.0671. The molecular formula is C21H26N2O3S. The molecule has 1 amide bonds. The van der Waals surface area contributed by atoms with E-state index in [1.807, 2.05) is 42.2 Å². The van der Waals surface area contributed by atoms with E-state index in [-0.39, 0.29) is 17.7 Å². The van der Waals surface area contributed by atoms with Crippen molar-refractivity contribution in [2.75, 3.05) is 16.6 Å². The van der Waals surface area contributed by atoms with Gasteiger partial charge in [0.25, 0.3) is 5.91 Å². The Hall–Kier alpha value is -2.34. The Morgan fingerprint density at radius 1 is 1.15 bits per heavy atom. The summed E-state index contributed by atoms with van der Waals surface area (Å²) in [5, 5.41) is 0. The second-order valence-corrected chi connectivity index (χ2v) is 8.98. The van der Waals surface area contributed by atoms with Gasteiger partial charge in [0, 0.05) is 24.7 Å². The Bertz CT molecular complexity index is 897. The van der Waals surface area contributed by atoms with Crippen LogP contribution < -0.4 is 4.31 Å². The zero-order valence-electron chi connectivity index (χ0n) is 15.8. The van der Waals surface area contributed by atoms with Gasteiger partial charge in [-0.15, -0.1) is 0 Å². The minimum Gasteiger partial charge on any atom is -0.332 e. The van der Waals surface area contributed by atoms with E-state index in [2.05, 4.69) is 6.92 Å².